The molecular formula is C30H27Cl2N5O2. The first-order chi connectivity index (χ1) is 19.0. The molecule has 1 fully saturated rings. The van der Waals surface area contributed by atoms with Crippen LogP contribution in [0.3, 0.4) is 0 Å². The molecule has 0 atom stereocenters. The molecule has 0 aliphatic carbocycles. The summed E-state index contributed by atoms with van der Waals surface area (Å²) < 4.78 is 5.79. The Labute approximate surface area is 236 Å². The first kappa shape index (κ1) is 25.6. The number of carbonyl (C=O) groups is 1. The van der Waals surface area contributed by atoms with E-state index in [1.54, 1.807) is 18.2 Å². The second kappa shape index (κ2) is 10.8. The van der Waals surface area contributed by atoms with E-state index in [9.17, 15) is 4.79 Å². The number of aryl methyl sites for hydroxylation is 1. The summed E-state index contributed by atoms with van der Waals surface area (Å²) in [6.07, 6.45) is 2.44. The van der Waals surface area contributed by atoms with Crippen LogP contribution in [0.4, 0.5) is 5.82 Å². The van der Waals surface area contributed by atoms with E-state index < -0.39 is 0 Å². The highest BCUT2D eigenvalue weighted by Gasteiger charge is 2.27. The van der Waals surface area contributed by atoms with Gasteiger partial charge in [-0.2, -0.15) is 4.98 Å². The van der Waals surface area contributed by atoms with E-state index in [0.717, 1.165) is 64.9 Å². The highest BCUT2D eigenvalue weighted by atomic mass is 35.5. The Hall–Kier alpha value is -3.68. The van der Waals surface area contributed by atoms with Crippen LogP contribution in [0.2, 0.25) is 10.0 Å². The van der Waals surface area contributed by atoms with Gasteiger partial charge in [-0.05, 0) is 47.9 Å². The normalized spacial score (nSPS) is 14.2. The maximum atomic E-state index is 13.3. The predicted molar refractivity (Wildman–Crippen MR) is 156 cm³/mol. The maximum absolute atomic E-state index is 13.3. The summed E-state index contributed by atoms with van der Waals surface area (Å²) in [5.41, 5.74) is 2.61. The lowest BCUT2D eigenvalue weighted by Gasteiger charge is -2.24. The van der Waals surface area contributed by atoms with Crippen molar-refractivity contribution in [2.75, 3.05) is 31.1 Å². The molecule has 1 amide bonds. The minimum Gasteiger partial charge on any atom is -0.354 e. The van der Waals surface area contributed by atoms with Crippen LogP contribution in [0.25, 0.3) is 33.1 Å². The second-order valence-electron chi connectivity index (χ2n) is 9.74. The molecule has 7 nitrogen and oxygen atoms in total. The molecule has 6 rings (SSSR count). The molecule has 0 unspecified atom stereocenters. The van der Waals surface area contributed by atoms with Crippen molar-refractivity contribution in [2.45, 2.75) is 26.2 Å². The van der Waals surface area contributed by atoms with Crippen molar-refractivity contribution in [2.24, 2.45) is 0 Å². The van der Waals surface area contributed by atoms with Crippen LogP contribution in [0.5, 0.6) is 0 Å². The number of carbonyl (C=O) groups excluding carboxylic acids is 1. The van der Waals surface area contributed by atoms with Crippen molar-refractivity contribution >= 4 is 56.8 Å². The zero-order valence-corrected chi connectivity index (χ0v) is 23.0. The largest absolute Gasteiger partial charge is 0.354 e. The topological polar surface area (TPSA) is 75.4 Å². The summed E-state index contributed by atoms with van der Waals surface area (Å²) in [6.45, 7) is 4.59. The second-order valence-corrected chi connectivity index (χ2v) is 10.6. The standard InChI is InChI=1S/C30H27Cl2N5O2/c1-2-6-25-33-28(36-13-5-14-37(16-15-36)30(38)23-12-11-22(31)18-24(23)32)26-27(35-39-29(26)34-25)21-10-9-19-7-3-4-8-20(19)17-21/h3-4,7-12,17-18H,2,5-6,13-16H2,1H3. The van der Waals surface area contributed by atoms with Crippen LogP contribution in [-0.4, -0.2) is 52.1 Å². The lowest BCUT2D eigenvalue weighted by molar-refractivity contribution is 0.0767. The van der Waals surface area contributed by atoms with Crippen LogP contribution < -0.4 is 4.90 Å². The molecular weight excluding hydrogens is 533 g/mol. The van der Waals surface area contributed by atoms with Gasteiger partial charge >= 0.3 is 0 Å². The van der Waals surface area contributed by atoms with Gasteiger partial charge in [0.15, 0.2) is 0 Å². The maximum Gasteiger partial charge on any atom is 0.263 e. The van der Waals surface area contributed by atoms with E-state index in [4.69, 9.17) is 37.7 Å². The zero-order chi connectivity index (χ0) is 26.9. The van der Waals surface area contributed by atoms with Crippen LogP contribution in [0.15, 0.2) is 65.2 Å². The number of nitrogens with zero attached hydrogens (tertiary/aromatic N) is 5. The minimum atomic E-state index is -0.0974. The molecule has 5 aromatic rings. The van der Waals surface area contributed by atoms with Gasteiger partial charge in [0.25, 0.3) is 11.6 Å². The SMILES string of the molecule is CCCc1nc(N2CCCN(C(=O)c3ccc(Cl)cc3Cl)CC2)c2c(-c3ccc4ccccc4c3)noc2n1. The summed E-state index contributed by atoms with van der Waals surface area (Å²) in [4.78, 5) is 27.1. The van der Waals surface area contributed by atoms with Gasteiger partial charge in [-0.3, -0.25) is 4.79 Å². The molecule has 3 heterocycles. The van der Waals surface area contributed by atoms with E-state index in [0.29, 0.717) is 41.0 Å². The van der Waals surface area contributed by atoms with E-state index in [1.807, 2.05) is 17.0 Å². The number of anilines is 1. The molecule has 0 saturated carbocycles. The summed E-state index contributed by atoms with van der Waals surface area (Å²) in [5, 5.41) is 8.41. The molecule has 3 aromatic carbocycles. The van der Waals surface area contributed by atoms with Gasteiger partial charge in [0.05, 0.1) is 10.6 Å². The van der Waals surface area contributed by atoms with Crippen LogP contribution >= 0.6 is 23.2 Å². The van der Waals surface area contributed by atoms with Crippen LogP contribution in [-0.2, 0) is 6.42 Å². The number of hydrogen-bond acceptors (Lipinski definition) is 6. The fourth-order valence-corrected chi connectivity index (χ4v) is 5.63. The average Bonchev–Trinajstić information content (AvgIpc) is 3.21. The molecule has 2 aromatic heterocycles. The van der Waals surface area contributed by atoms with Gasteiger partial charge in [-0.25, -0.2) is 4.98 Å². The Kier molecular flexibility index (Phi) is 7.11. The Morgan fingerprint density at radius 3 is 2.62 bits per heavy atom. The number of fused-ring (bicyclic) bond motifs is 2. The minimum absolute atomic E-state index is 0.0974. The molecule has 39 heavy (non-hydrogen) atoms. The predicted octanol–water partition coefficient (Wildman–Crippen LogP) is 7.05. The number of aromatic nitrogens is 3. The van der Waals surface area contributed by atoms with E-state index in [-0.39, 0.29) is 5.91 Å². The zero-order valence-electron chi connectivity index (χ0n) is 21.5. The van der Waals surface area contributed by atoms with Gasteiger partial charge in [-0.15, -0.1) is 0 Å². The van der Waals surface area contributed by atoms with Crippen LogP contribution in [0.1, 0.15) is 35.9 Å². The third-order valence-corrected chi connectivity index (χ3v) is 7.65. The molecule has 0 bridgehead atoms. The molecule has 1 saturated heterocycles. The van der Waals surface area contributed by atoms with Crippen molar-refractivity contribution in [1.82, 2.24) is 20.0 Å². The van der Waals surface area contributed by atoms with E-state index in [1.165, 1.54) is 0 Å². The average molecular weight is 560 g/mol. The first-order valence-corrected chi connectivity index (χ1v) is 13.9. The lowest BCUT2D eigenvalue weighted by atomic mass is 10.0. The molecule has 0 spiro atoms. The Morgan fingerprint density at radius 2 is 1.79 bits per heavy atom. The van der Waals surface area contributed by atoms with Gasteiger partial charge in [-0.1, -0.05) is 71.7 Å². The van der Waals surface area contributed by atoms with E-state index >= 15 is 0 Å². The van der Waals surface area contributed by atoms with Gasteiger partial charge in [0.2, 0.25) is 0 Å². The third kappa shape index (κ3) is 5.04. The van der Waals surface area contributed by atoms with Crippen molar-refractivity contribution in [3.05, 3.63) is 82.1 Å². The smallest absolute Gasteiger partial charge is 0.263 e. The highest BCUT2D eigenvalue weighted by Crippen LogP contribution is 2.35. The molecule has 1 aliphatic rings. The molecule has 0 radical (unpaired) electrons. The molecule has 198 valence electrons. The molecule has 9 heteroatoms. The number of rotatable bonds is 5. The van der Waals surface area contributed by atoms with Gasteiger partial charge in [0, 0.05) is 43.2 Å². The number of hydrogen-bond donors (Lipinski definition) is 0. The fraction of sp³-hybridized carbons (Fsp3) is 0.267. The van der Waals surface area contributed by atoms with Crippen molar-refractivity contribution in [3.63, 3.8) is 0 Å². The monoisotopic (exact) mass is 559 g/mol. The fourth-order valence-electron chi connectivity index (χ4n) is 5.14. The van der Waals surface area contributed by atoms with Crippen molar-refractivity contribution in [1.29, 1.82) is 0 Å². The Bertz CT molecular complexity index is 1690. The van der Waals surface area contributed by atoms with E-state index in [2.05, 4.69) is 47.3 Å². The number of benzene rings is 3. The molecule has 0 N–H and O–H groups in total. The number of amides is 1. The lowest BCUT2D eigenvalue weighted by Crippen LogP contribution is -2.35. The van der Waals surface area contributed by atoms with Crippen molar-refractivity contribution in [3.8, 4) is 11.3 Å². The third-order valence-electron chi connectivity index (χ3n) is 7.10. The van der Waals surface area contributed by atoms with Crippen molar-refractivity contribution < 1.29 is 9.32 Å². The Morgan fingerprint density at radius 1 is 0.949 bits per heavy atom. The van der Waals surface area contributed by atoms with Crippen LogP contribution in [0, 0.1) is 0 Å². The highest BCUT2D eigenvalue weighted by molar-refractivity contribution is 6.36. The molecule has 1 aliphatic heterocycles. The van der Waals surface area contributed by atoms with Gasteiger partial charge in [0.1, 0.15) is 22.7 Å². The summed E-state index contributed by atoms with van der Waals surface area (Å²) in [7, 11) is 0. The van der Waals surface area contributed by atoms with Gasteiger partial charge < -0.3 is 14.3 Å². The summed E-state index contributed by atoms with van der Waals surface area (Å²) in [5.74, 6) is 1.43. The first-order valence-electron chi connectivity index (χ1n) is 13.2. The summed E-state index contributed by atoms with van der Waals surface area (Å²) >= 11 is 12.4. The Balaban J connectivity index is 1.36. The summed E-state index contributed by atoms with van der Waals surface area (Å²) in [6, 6.07) is 19.5. The quantitative estimate of drug-likeness (QED) is 0.229. The number of halogens is 2.